The molecule has 0 radical (unpaired) electrons. The van der Waals surface area contributed by atoms with Crippen LogP contribution in [0.5, 0.6) is 0 Å². The number of ether oxygens (including phenoxy) is 2. The van der Waals surface area contributed by atoms with Gasteiger partial charge in [-0.2, -0.15) is 0 Å². The van der Waals surface area contributed by atoms with Gasteiger partial charge in [-0.15, -0.1) is 0 Å². The van der Waals surface area contributed by atoms with E-state index in [1.165, 1.54) is 14.2 Å². The first-order valence-electron chi connectivity index (χ1n) is 4.68. The summed E-state index contributed by atoms with van der Waals surface area (Å²) < 4.78 is 21.3. The maximum absolute atomic E-state index is 11.2. The molecular formula is C11H13O4P. The summed E-state index contributed by atoms with van der Waals surface area (Å²) in [5.74, 6) is -1.51. The van der Waals surface area contributed by atoms with Crippen molar-refractivity contribution in [2.45, 2.75) is 11.4 Å². The van der Waals surface area contributed by atoms with E-state index in [1.54, 1.807) is 24.3 Å². The van der Waals surface area contributed by atoms with Crippen molar-refractivity contribution < 1.29 is 18.8 Å². The average Bonchev–Trinajstić information content (AvgIpc) is 2.37. The molecule has 0 saturated carbocycles. The SMILES string of the molecule is COC(C=O)(OC)[C@@H](P=O)c1ccccc1. The molecule has 1 rings (SSSR count). The molecule has 16 heavy (non-hydrogen) atoms. The van der Waals surface area contributed by atoms with Gasteiger partial charge in [0, 0.05) is 14.2 Å². The molecule has 1 aromatic carbocycles. The molecule has 5 heteroatoms. The first-order valence-corrected chi connectivity index (χ1v) is 5.56. The third-order valence-corrected chi connectivity index (χ3v) is 3.27. The van der Waals surface area contributed by atoms with E-state index in [0.29, 0.717) is 6.29 Å². The fourth-order valence-electron chi connectivity index (χ4n) is 1.47. The largest absolute Gasteiger partial charge is 0.346 e. The molecule has 0 saturated heterocycles. The molecule has 86 valence electrons. The number of benzene rings is 1. The summed E-state index contributed by atoms with van der Waals surface area (Å²) in [7, 11) is 2.46. The van der Waals surface area contributed by atoms with E-state index in [-0.39, 0.29) is 8.46 Å². The Morgan fingerprint density at radius 1 is 1.25 bits per heavy atom. The van der Waals surface area contributed by atoms with Gasteiger partial charge in [0.05, 0.1) is 0 Å². The lowest BCUT2D eigenvalue weighted by Gasteiger charge is -2.29. The lowest BCUT2D eigenvalue weighted by atomic mass is 10.1. The summed E-state index contributed by atoms with van der Waals surface area (Å²) >= 11 is 0. The fourth-order valence-corrected chi connectivity index (χ4v) is 2.18. The Labute approximate surface area is 95.8 Å². The number of aldehydes is 1. The van der Waals surface area contributed by atoms with Gasteiger partial charge in [0.15, 0.2) is 14.7 Å². The van der Waals surface area contributed by atoms with Crippen LogP contribution in [0.1, 0.15) is 11.2 Å². The fraction of sp³-hybridized carbons (Fsp3) is 0.364. The molecule has 0 fully saturated rings. The van der Waals surface area contributed by atoms with Gasteiger partial charge < -0.3 is 9.47 Å². The van der Waals surface area contributed by atoms with Crippen molar-refractivity contribution in [3.05, 3.63) is 35.9 Å². The zero-order chi connectivity index (χ0) is 12.0. The zero-order valence-electron chi connectivity index (χ0n) is 9.12. The predicted octanol–water partition coefficient (Wildman–Crippen LogP) is 2.21. The van der Waals surface area contributed by atoms with Gasteiger partial charge in [-0.05, 0) is 5.56 Å². The maximum Gasteiger partial charge on any atom is 0.243 e. The number of methoxy groups -OCH3 is 2. The van der Waals surface area contributed by atoms with Crippen LogP contribution >= 0.6 is 8.46 Å². The summed E-state index contributed by atoms with van der Waals surface area (Å²) in [5, 5.41) is 0. The molecule has 4 nitrogen and oxygen atoms in total. The molecular weight excluding hydrogens is 227 g/mol. The van der Waals surface area contributed by atoms with Crippen LogP contribution in [-0.2, 0) is 18.8 Å². The first-order chi connectivity index (χ1) is 7.74. The van der Waals surface area contributed by atoms with Gasteiger partial charge in [-0.3, -0.25) is 9.36 Å². The number of carbonyl (C=O) groups excluding carboxylic acids is 1. The average molecular weight is 240 g/mol. The molecule has 1 aromatic rings. The highest BCUT2D eigenvalue weighted by atomic mass is 31.1. The van der Waals surface area contributed by atoms with Crippen molar-refractivity contribution >= 4 is 14.7 Å². The van der Waals surface area contributed by atoms with Crippen LogP contribution < -0.4 is 0 Å². The van der Waals surface area contributed by atoms with E-state index in [0.717, 1.165) is 5.56 Å². The highest BCUT2D eigenvalue weighted by molar-refractivity contribution is 7.24. The molecule has 0 aliphatic heterocycles. The third-order valence-electron chi connectivity index (χ3n) is 2.40. The van der Waals surface area contributed by atoms with Crippen molar-refractivity contribution in [2.75, 3.05) is 14.2 Å². The smallest absolute Gasteiger partial charge is 0.243 e. The molecule has 0 heterocycles. The van der Waals surface area contributed by atoms with E-state index in [9.17, 15) is 9.36 Å². The van der Waals surface area contributed by atoms with Crippen molar-refractivity contribution in [3.63, 3.8) is 0 Å². The standard InChI is InChI=1S/C11H13O4P/c1-14-11(8-12,15-2)10(16-13)9-6-4-3-5-7-9/h3-8,10H,1-2H3/t10-/m0/s1. The number of carbonyl (C=O) groups is 1. The maximum atomic E-state index is 11.2. The summed E-state index contributed by atoms with van der Waals surface area (Å²) in [5.41, 5.74) is 0.0381. The highest BCUT2D eigenvalue weighted by Gasteiger charge is 2.41. The van der Waals surface area contributed by atoms with Crippen LogP contribution in [0.2, 0.25) is 0 Å². The van der Waals surface area contributed by atoms with Crippen molar-refractivity contribution in [1.29, 1.82) is 0 Å². The van der Waals surface area contributed by atoms with E-state index < -0.39 is 11.4 Å². The monoisotopic (exact) mass is 240 g/mol. The second kappa shape index (κ2) is 5.85. The predicted molar refractivity (Wildman–Crippen MR) is 59.6 cm³/mol. The zero-order valence-corrected chi connectivity index (χ0v) is 10.0. The van der Waals surface area contributed by atoms with Crippen LogP contribution in [0.4, 0.5) is 0 Å². The van der Waals surface area contributed by atoms with Gasteiger partial charge in [-0.25, -0.2) is 0 Å². The van der Waals surface area contributed by atoms with E-state index in [4.69, 9.17) is 9.47 Å². The van der Waals surface area contributed by atoms with Crippen LogP contribution in [0.25, 0.3) is 0 Å². The summed E-state index contributed by atoms with van der Waals surface area (Å²) in [4.78, 5) is 11.1. The van der Waals surface area contributed by atoms with Gasteiger partial charge in [0.2, 0.25) is 5.79 Å². The molecule has 0 amide bonds. The lowest BCUT2D eigenvalue weighted by Crippen LogP contribution is -2.40. The van der Waals surface area contributed by atoms with E-state index in [1.807, 2.05) is 6.07 Å². The summed E-state index contributed by atoms with van der Waals surface area (Å²) in [6.07, 6.45) is 0.523. The third kappa shape index (κ3) is 2.35. The Morgan fingerprint density at radius 2 is 1.81 bits per heavy atom. The molecule has 0 aliphatic carbocycles. The Morgan fingerprint density at radius 3 is 2.19 bits per heavy atom. The van der Waals surface area contributed by atoms with Crippen molar-refractivity contribution in [1.82, 2.24) is 0 Å². The first kappa shape index (κ1) is 13.0. The minimum absolute atomic E-state index is 0.230. The van der Waals surface area contributed by atoms with Crippen LogP contribution in [0.15, 0.2) is 30.3 Å². The number of hydrogen-bond acceptors (Lipinski definition) is 4. The Balaban J connectivity index is 3.15. The molecule has 0 spiro atoms. The topological polar surface area (TPSA) is 52.6 Å². The van der Waals surface area contributed by atoms with Gasteiger partial charge >= 0.3 is 0 Å². The van der Waals surface area contributed by atoms with Gasteiger partial charge in [-0.1, -0.05) is 30.3 Å². The van der Waals surface area contributed by atoms with Crippen molar-refractivity contribution in [3.8, 4) is 0 Å². The summed E-state index contributed by atoms with van der Waals surface area (Å²) in [6, 6.07) is 8.98. The lowest BCUT2D eigenvalue weighted by molar-refractivity contribution is -0.196. The normalized spacial score (nSPS) is 13.6. The molecule has 1 atom stereocenters. The van der Waals surface area contributed by atoms with Crippen molar-refractivity contribution in [2.24, 2.45) is 0 Å². The minimum atomic E-state index is -1.51. The van der Waals surface area contributed by atoms with Gasteiger partial charge in [0.25, 0.3) is 0 Å². The Kier molecular flexibility index (Phi) is 4.74. The molecule has 0 aliphatic rings. The quantitative estimate of drug-likeness (QED) is 0.434. The van der Waals surface area contributed by atoms with Gasteiger partial charge in [0.1, 0.15) is 5.66 Å². The molecule has 0 aromatic heterocycles. The minimum Gasteiger partial charge on any atom is -0.346 e. The molecule has 0 unspecified atom stereocenters. The van der Waals surface area contributed by atoms with E-state index in [2.05, 4.69) is 0 Å². The van der Waals surface area contributed by atoms with Crippen LogP contribution in [-0.4, -0.2) is 26.3 Å². The second-order valence-corrected chi connectivity index (χ2v) is 3.89. The summed E-state index contributed by atoms with van der Waals surface area (Å²) in [6.45, 7) is 0. The van der Waals surface area contributed by atoms with Crippen LogP contribution in [0, 0.1) is 0 Å². The molecule has 0 N–H and O–H groups in total. The van der Waals surface area contributed by atoms with E-state index >= 15 is 0 Å². The molecule has 0 bridgehead atoms. The highest BCUT2D eigenvalue weighted by Crippen LogP contribution is 2.38. The second-order valence-electron chi connectivity index (χ2n) is 3.17. The Bertz CT molecular complexity index is 348. The number of hydrogen-bond donors (Lipinski definition) is 0. The van der Waals surface area contributed by atoms with Crippen LogP contribution in [0.3, 0.4) is 0 Å². The Hall–Kier alpha value is -1.09. The number of rotatable bonds is 6.